The molecule has 0 saturated carbocycles. The van der Waals surface area contributed by atoms with E-state index in [1.165, 1.54) is 6.33 Å². The monoisotopic (exact) mass is 287 g/mol. The molecule has 6 heteroatoms. The average Bonchev–Trinajstić information content (AvgIpc) is 2.19. The van der Waals surface area contributed by atoms with E-state index < -0.39 is 0 Å². The molecule has 0 aliphatic heterocycles. The van der Waals surface area contributed by atoms with E-state index in [9.17, 15) is 0 Å². The Balaban J connectivity index is 2.61. The second kappa shape index (κ2) is 5.45. The molecule has 0 aliphatic rings. The Bertz CT molecular complexity index is 348. The van der Waals surface area contributed by atoms with Crippen LogP contribution in [0.4, 0.5) is 11.6 Å². The van der Waals surface area contributed by atoms with Gasteiger partial charge in [-0.2, -0.15) is 0 Å². The summed E-state index contributed by atoms with van der Waals surface area (Å²) in [4.78, 5) is 8.12. The number of nitrogen functional groups attached to an aromatic ring is 1. The van der Waals surface area contributed by atoms with Crippen LogP contribution in [0.5, 0.6) is 0 Å². The van der Waals surface area contributed by atoms with Crippen LogP contribution in [0.2, 0.25) is 0 Å². The fourth-order valence-electron chi connectivity index (χ4n) is 1.15. The average molecular weight is 288 g/mol. The number of aromatic nitrogens is 2. The first-order valence-electron chi connectivity index (χ1n) is 5.15. The van der Waals surface area contributed by atoms with Crippen LogP contribution in [0.15, 0.2) is 10.8 Å². The molecule has 0 spiro atoms. The van der Waals surface area contributed by atoms with Gasteiger partial charge >= 0.3 is 0 Å². The van der Waals surface area contributed by atoms with Gasteiger partial charge in [0.1, 0.15) is 16.6 Å². The van der Waals surface area contributed by atoms with Crippen molar-refractivity contribution in [1.29, 1.82) is 0 Å². The Labute approximate surface area is 104 Å². The highest BCUT2D eigenvalue weighted by atomic mass is 79.9. The number of hydrogen-bond donors (Lipinski definition) is 3. The lowest BCUT2D eigenvalue weighted by atomic mass is 9.92. The van der Waals surface area contributed by atoms with Crippen LogP contribution < -0.4 is 16.6 Å². The molecule has 0 fully saturated rings. The van der Waals surface area contributed by atoms with Gasteiger partial charge in [-0.05, 0) is 27.8 Å². The predicted molar refractivity (Wildman–Crippen MR) is 70.1 cm³/mol. The van der Waals surface area contributed by atoms with Crippen LogP contribution in [0, 0.1) is 5.41 Å². The van der Waals surface area contributed by atoms with Gasteiger partial charge in [0.05, 0.1) is 0 Å². The van der Waals surface area contributed by atoms with Crippen molar-refractivity contribution in [2.75, 3.05) is 17.3 Å². The minimum atomic E-state index is 0.307. The van der Waals surface area contributed by atoms with Crippen LogP contribution in [0.1, 0.15) is 27.2 Å². The molecule has 16 heavy (non-hydrogen) atoms. The maximum atomic E-state index is 5.32. The molecule has 1 heterocycles. The van der Waals surface area contributed by atoms with Crippen molar-refractivity contribution in [3.8, 4) is 0 Å². The molecule has 0 unspecified atom stereocenters. The summed E-state index contributed by atoms with van der Waals surface area (Å²) < 4.78 is 0.756. The van der Waals surface area contributed by atoms with E-state index in [0.717, 1.165) is 23.3 Å². The van der Waals surface area contributed by atoms with Gasteiger partial charge < -0.3 is 10.7 Å². The van der Waals surface area contributed by atoms with Gasteiger partial charge in [0.15, 0.2) is 5.82 Å². The van der Waals surface area contributed by atoms with E-state index in [4.69, 9.17) is 5.84 Å². The van der Waals surface area contributed by atoms with Gasteiger partial charge in [0.2, 0.25) is 0 Å². The molecule has 0 atom stereocenters. The van der Waals surface area contributed by atoms with Crippen molar-refractivity contribution in [2.24, 2.45) is 11.3 Å². The van der Waals surface area contributed by atoms with Crippen LogP contribution >= 0.6 is 15.9 Å². The zero-order chi connectivity index (χ0) is 12.2. The molecule has 90 valence electrons. The fraction of sp³-hybridized carbons (Fsp3) is 0.600. The van der Waals surface area contributed by atoms with Crippen molar-refractivity contribution < 1.29 is 0 Å². The molecule has 5 nitrogen and oxygen atoms in total. The zero-order valence-electron chi connectivity index (χ0n) is 9.84. The zero-order valence-corrected chi connectivity index (χ0v) is 11.4. The van der Waals surface area contributed by atoms with E-state index in [1.54, 1.807) is 0 Å². The number of nitrogens with one attached hydrogen (secondary N) is 2. The molecule has 0 amide bonds. The van der Waals surface area contributed by atoms with Crippen molar-refractivity contribution in [1.82, 2.24) is 9.97 Å². The largest absolute Gasteiger partial charge is 0.369 e. The molecule has 0 aliphatic carbocycles. The molecule has 1 rings (SSSR count). The minimum absolute atomic E-state index is 0.307. The number of nitrogens with two attached hydrogens (primary N) is 1. The molecular weight excluding hydrogens is 270 g/mol. The molecule has 0 aromatic carbocycles. The summed E-state index contributed by atoms with van der Waals surface area (Å²) in [7, 11) is 0. The highest BCUT2D eigenvalue weighted by Crippen LogP contribution is 2.26. The summed E-state index contributed by atoms with van der Waals surface area (Å²) in [6.07, 6.45) is 2.54. The summed E-state index contributed by atoms with van der Waals surface area (Å²) in [5.41, 5.74) is 2.81. The third-order valence-electron chi connectivity index (χ3n) is 2.09. The van der Waals surface area contributed by atoms with E-state index in [0.29, 0.717) is 11.2 Å². The van der Waals surface area contributed by atoms with Gasteiger partial charge in [-0.3, -0.25) is 0 Å². The molecule has 0 saturated heterocycles. The summed E-state index contributed by atoms with van der Waals surface area (Å²) in [6.45, 7) is 7.48. The number of hydrogen-bond acceptors (Lipinski definition) is 5. The van der Waals surface area contributed by atoms with Crippen molar-refractivity contribution in [3.63, 3.8) is 0 Å². The first-order valence-corrected chi connectivity index (χ1v) is 5.94. The number of hydrazine groups is 1. The van der Waals surface area contributed by atoms with Crippen LogP contribution in [0.25, 0.3) is 0 Å². The first-order chi connectivity index (χ1) is 7.44. The normalized spacial score (nSPS) is 11.3. The molecule has 1 aromatic heterocycles. The third kappa shape index (κ3) is 3.94. The lowest BCUT2D eigenvalue weighted by Crippen LogP contribution is -2.15. The Morgan fingerprint density at radius 1 is 1.31 bits per heavy atom. The van der Waals surface area contributed by atoms with E-state index >= 15 is 0 Å². The van der Waals surface area contributed by atoms with Gasteiger partial charge in [0, 0.05) is 6.54 Å². The van der Waals surface area contributed by atoms with Gasteiger partial charge in [0.25, 0.3) is 0 Å². The summed E-state index contributed by atoms with van der Waals surface area (Å²) in [6, 6.07) is 0. The van der Waals surface area contributed by atoms with Gasteiger partial charge in [-0.1, -0.05) is 20.8 Å². The Kier molecular flexibility index (Phi) is 4.49. The number of rotatable bonds is 4. The van der Waals surface area contributed by atoms with Crippen LogP contribution in [-0.4, -0.2) is 16.5 Å². The minimum Gasteiger partial charge on any atom is -0.369 e. The predicted octanol–water partition coefficient (Wildman–Crippen LogP) is 2.37. The fourth-order valence-corrected chi connectivity index (χ4v) is 1.61. The van der Waals surface area contributed by atoms with Crippen molar-refractivity contribution in [2.45, 2.75) is 27.2 Å². The van der Waals surface area contributed by atoms with Crippen LogP contribution in [-0.2, 0) is 0 Å². The Hall–Kier alpha value is -0.880. The van der Waals surface area contributed by atoms with Crippen molar-refractivity contribution >= 4 is 27.6 Å². The topological polar surface area (TPSA) is 75.9 Å². The third-order valence-corrected chi connectivity index (χ3v) is 2.84. The lowest BCUT2D eigenvalue weighted by molar-refractivity contribution is 0.389. The second-order valence-corrected chi connectivity index (χ2v) is 5.56. The molecule has 0 radical (unpaired) electrons. The van der Waals surface area contributed by atoms with Crippen molar-refractivity contribution in [3.05, 3.63) is 10.8 Å². The first kappa shape index (κ1) is 13.2. The molecule has 0 bridgehead atoms. The Morgan fingerprint density at radius 2 is 1.94 bits per heavy atom. The van der Waals surface area contributed by atoms with Gasteiger partial charge in [-0.25, -0.2) is 15.8 Å². The van der Waals surface area contributed by atoms with E-state index in [2.05, 4.69) is 57.4 Å². The number of anilines is 2. The standard InChI is InChI=1S/C10H18BrN5/c1-10(2,3)4-5-13-8-7(11)9(16-12)15-6-14-8/h6H,4-5,12H2,1-3H3,(H2,13,14,15,16). The lowest BCUT2D eigenvalue weighted by Gasteiger charge is -2.18. The number of halogens is 1. The second-order valence-electron chi connectivity index (χ2n) is 4.77. The highest BCUT2D eigenvalue weighted by molar-refractivity contribution is 9.10. The SMILES string of the molecule is CC(C)(C)CCNc1ncnc(NN)c1Br. The van der Waals surface area contributed by atoms with E-state index in [-0.39, 0.29) is 0 Å². The number of nitrogens with zero attached hydrogens (tertiary/aromatic N) is 2. The Morgan fingerprint density at radius 3 is 2.50 bits per heavy atom. The molecule has 4 N–H and O–H groups in total. The summed E-state index contributed by atoms with van der Waals surface area (Å²) in [5, 5.41) is 3.25. The maximum absolute atomic E-state index is 5.32. The molecule has 1 aromatic rings. The summed E-state index contributed by atoms with van der Waals surface area (Å²) >= 11 is 3.39. The quantitative estimate of drug-likeness (QED) is 0.586. The smallest absolute Gasteiger partial charge is 0.159 e. The molecular formula is C10H18BrN5. The summed E-state index contributed by atoms with van der Waals surface area (Å²) in [5.74, 6) is 6.65. The maximum Gasteiger partial charge on any atom is 0.159 e. The highest BCUT2D eigenvalue weighted by Gasteiger charge is 2.11. The van der Waals surface area contributed by atoms with E-state index in [1.807, 2.05) is 0 Å². The van der Waals surface area contributed by atoms with Crippen LogP contribution in [0.3, 0.4) is 0 Å². The van der Waals surface area contributed by atoms with Gasteiger partial charge in [-0.15, -0.1) is 0 Å².